The van der Waals surface area contributed by atoms with E-state index in [4.69, 9.17) is 5.11 Å². The van der Waals surface area contributed by atoms with Gasteiger partial charge in [-0.05, 0) is 37.7 Å². The topological polar surface area (TPSA) is 95.1 Å². The zero-order valence-corrected chi connectivity index (χ0v) is 14.8. The molecule has 2 aromatic heterocycles. The lowest BCUT2D eigenvalue weighted by molar-refractivity contribution is -0.121. The summed E-state index contributed by atoms with van der Waals surface area (Å²) in [5.74, 6) is 1.05. The van der Waals surface area contributed by atoms with Gasteiger partial charge in [-0.15, -0.1) is 11.3 Å². The Kier molecular flexibility index (Phi) is 5.01. The third kappa shape index (κ3) is 3.67. The summed E-state index contributed by atoms with van der Waals surface area (Å²) in [4.78, 5) is 33.6. The molecule has 0 saturated carbocycles. The first kappa shape index (κ1) is 17.1. The van der Waals surface area contributed by atoms with E-state index in [1.807, 2.05) is 0 Å². The monoisotopic (exact) mass is 349 g/mol. The first-order valence-electron chi connectivity index (χ1n) is 8.42. The highest BCUT2D eigenvalue weighted by Crippen LogP contribution is 2.35. The van der Waals surface area contributed by atoms with Crippen molar-refractivity contribution in [1.82, 2.24) is 15.3 Å². The van der Waals surface area contributed by atoms with Gasteiger partial charge in [-0.1, -0.05) is 6.92 Å². The minimum Gasteiger partial charge on any atom is -0.392 e. The van der Waals surface area contributed by atoms with Crippen molar-refractivity contribution in [2.45, 2.75) is 52.1 Å². The number of aromatic nitrogens is 2. The molecule has 1 aliphatic carbocycles. The molecular formula is C17H23N3O3S. The van der Waals surface area contributed by atoms with Crippen molar-refractivity contribution >= 4 is 27.5 Å². The molecule has 2 unspecified atom stereocenters. The fourth-order valence-electron chi connectivity index (χ4n) is 3.09. The Balaban J connectivity index is 1.76. The maximum atomic E-state index is 12.5. The van der Waals surface area contributed by atoms with Crippen molar-refractivity contribution in [1.29, 1.82) is 0 Å². The molecule has 2 atom stereocenters. The summed E-state index contributed by atoms with van der Waals surface area (Å²) >= 11 is 1.62. The molecule has 0 radical (unpaired) electrons. The Morgan fingerprint density at radius 3 is 3.08 bits per heavy atom. The third-order valence-electron chi connectivity index (χ3n) is 4.40. The van der Waals surface area contributed by atoms with Crippen LogP contribution in [0.4, 0.5) is 0 Å². The van der Waals surface area contributed by atoms with E-state index in [9.17, 15) is 9.59 Å². The smallest absolute Gasteiger partial charge is 0.259 e. The van der Waals surface area contributed by atoms with Crippen molar-refractivity contribution in [3.8, 4) is 0 Å². The second kappa shape index (κ2) is 7.03. The number of nitrogens with zero attached hydrogens (tertiary/aromatic N) is 1. The number of aliphatic hydroxyl groups excluding tert-OH is 1. The Morgan fingerprint density at radius 1 is 1.54 bits per heavy atom. The van der Waals surface area contributed by atoms with Crippen LogP contribution in [0, 0.1) is 5.92 Å². The van der Waals surface area contributed by atoms with Gasteiger partial charge in [0.25, 0.3) is 5.56 Å². The highest BCUT2D eigenvalue weighted by molar-refractivity contribution is 7.18. The van der Waals surface area contributed by atoms with Crippen molar-refractivity contribution in [2.24, 2.45) is 5.92 Å². The lowest BCUT2D eigenvalue weighted by Gasteiger charge is -2.17. The van der Waals surface area contributed by atoms with Crippen LogP contribution in [-0.4, -0.2) is 33.6 Å². The number of fused-ring (bicyclic) bond motifs is 3. The van der Waals surface area contributed by atoms with Crippen molar-refractivity contribution < 1.29 is 9.90 Å². The van der Waals surface area contributed by atoms with Crippen LogP contribution in [0.15, 0.2) is 4.79 Å². The normalized spacial score (nSPS) is 18.4. The van der Waals surface area contributed by atoms with Crippen LogP contribution in [0.5, 0.6) is 0 Å². The molecule has 0 bridgehead atoms. The number of H-pyrrole nitrogens is 1. The first-order valence-corrected chi connectivity index (χ1v) is 9.24. The third-order valence-corrected chi connectivity index (χ3v) is 5.55. The van der Waals surface area contributed by atoms with Crippen LogP contribution < -0.4 is 10.9 Å². The number of rotatable bonds is 5. The standard InChI is InChI=1S/C17H23N3O3S/c1-9-3-4-11-12(7-9)24-17-15(11)16(23)19-13(20-17)5-6-14(22)18-8-10(2)21/h9-10,21H,3-8H2,1-2H3,(H,18,22)(H,19,20,23). The number of aromatic amines is 1. The average molecular weight is 349 g/mol. The van der Waals surface area contributed by atoms with E-state index in [0.717, 1.165) is 29.5 Å². The second-order valence-corrected chi connectivity index (χ2v) is 7.78. The van der Waals surface area contributed by atoms with E-state index >= 15 is 0 Å². The number of aliphatic hydroxyl groups is 1. The van der Waals surface area contributed by atoms with Gasteiger partial charge >= 0.3 is 0 Å². The van der Waals surface area contributed by atoms with E-state index in [1.54, 1.807) is 18.3 Å². The summed E-state index contributed by atoms with van der Waals surface area (Å²) in [5.41, 5.74) is 1.08. The summed E-state index contributed by atoms with van der Waals surface area (Å²) in [5, 5.41) is 12.5. The van der Waals surface area contributed by atoms with Crippen LogP contribution in [0.2, 0.25) is 0 Å². The van der Waals surface area contributed by atoms with Gasteiger partial charge in [0.2, 0.25) is 5.91 Å². The van der Waals surface area contributed by atoms with Gasteiger partial charge in [0.05, 0.1) is 11.5 Å². The molecule has 1 aliphatic rings. The molecule has 0 aromatic carbocycles. The van der Waals surface area contributed by atoms with Crippen molar-refractivity contribution in [3.05, 3.63) is 26.6 Å². The fraction of sp³-hybridized carbons (Fsp3) is 0.588. The van der Waals surface area contributed by atoms with E-state index in [2.05, 4.69) is 22.2 Å². The molecule has 0 saturated heterocycles. The largest absolute Gasteiger partial charge is 0.392 e. The van der Waals surface area contributed by atoms with Crippen LogP contribution in [0.1, 0.15) is 43.0 Å². The van der Waals surface area contributed by atoms with Crippen LogP contribution in [0.25, 0.3) is 10.2 Å². The Hall–Kier alpha value is -1.73. The Morgan fingerprint density at radius 2 is 2.33 bits per heavy atom. The highest BCUT2D eigenvalue weighted by Gasteiger charge is 2.23. The number of aryl methyl sites for hydroxylation is 2. The van der Waals surface area contributed by atoms with Gasteiger partial charge in [0, 0.05) is 24.3 Å². The molecule has 130 valence electrons. The molecule has 1 amide bonds. The number of hydrogen-bond acceptors (Lipinski definition) is 5. The molecule has 2 aromatic rings. The van der Waals surface area contributed by atoms with Gasteiger partial charge in [-0.25, -0.2) is 4.98 Å². The summed E-state index contributed by atoms with van der Waals surface area (Å²) < 4.78 is 0. The van der Waals surface area contributed by atoms with Gasteiger partial charge in [-0.3, -0.25) is 9.59 Å². The molecule has 0 spiro atoms. The van der Waals surface area contributed by atoms with E-state index in [1.165, 1.54) is 10.4 Å². The number of thiophene rings is 1. The molecule has 6 nitrogen and oxygen atoms in total. The molecule has 3 rings (SSSR count). The molecule has 0 fully saturated rings. The van der Waals surface area contributed by atoms with E-state index in [0.29, 0.717) is 18.2 Å². The number of hydrogen-bond donors (Lipinski definition) is 3. The maximum Gasteiger partial charge on any atom is 0.259 e. The minimum atomic E-state index is -0.567. The molecule has 7 heteroatoms. The zero-order chi connectivity index (χ0) is 17.3. The zero-order valence-electron chi connectivity index (χ0n) is 14.0. The molecule has 24 heavy (non-hydrogen) atoms. The quantitative estimate of drug-likeness (QED) is 0.763. The lowest BCUT2D eigenvalue weighted by Crippen LogP contribution is -2.30. The number of carbonyl (C=O) groups is 1. The SMILES string of the molecule is CC(O)CNC(=O)CCc1nc2sc3c(c2c(=O)[nH]1)CCC(C)C3. The Bertz CT molecular complexity index is 809. The lowest BCUT2D eigenvalue weighted by atomic mass is 9.89. The highest BCUT2D eigenvalue weighted by atomic mass is 32.1. The van der Waals surface area contributed by atoms with Crippen molar-refractivity contribution in [3.63, 3.8) is 0 Å². The first-order chi connectivity index (χ1) is 11.4. The van der Waals surface area contributed by atoms with Gasteiger partial charge in [0.1, 0.15) is 10.7 Å². The summed E-state index contributed by atoms with van der Waals surface area (Å²) in [6, 6.07) is 0. The maximum absolute atomic E-state index is 12.5. The van der Waals surface area contributed by atoms with Crippen molar-refractivity contribution in [2.75, 3.05) is 6.54 Å². The second-order valence-electron chi connectivity index (χ2n) is 6.70. The van der Waals surface area contributed by atoms with Crippen LogP contribution in [-0.2, 0) is 24.1 Å². The van der Waals surface area contributed by atoms with Gasteiger partial charge in [-0.2, -0.15) is 0 Å². The Labute approximate surface area is 144 Å². The van der Waals surface area contributed by atoms with Crippen LogP contribution in [0.3, 0.4) is 0 Å². The molecular weight excluding hydrogens is 326 g/mol. The fourth-order valence-corrected chi connectivity index (χ4v) is 4.50. The summed E-state index contributed by atoms with van der Waals surface area (Å²) in [6.07, 6.45) is 3.14. The molecule has 3 N–H and O–H groups in total. The van der Waals surface area contributed by atoms with E-state index < -0.39 is 6.10 Å². The van der Waals surface area contributed by atoms with E-state index in [-0.39, 0.29) is 24.4 Å². The molecule has 0 aliphatic heterocycles. The average Bonchev–Trinajstić information content (AvgIpc) is 2.88. The van der Waals surface area contributed by atoms with Gasteiger partial charge in [0.15, 0.2) is 0 Å². The predicted octanol–water partition coefficient (Wildman–Crippen LogP) is 1.54. The van der Waals surface area contributed by atoms with Gasteiger partial charge < -0.3 is 15.4 Å². The summed E-state index contributed by atoms with van der Waals surface area (Å²) in [6.45, 7) is 4.09. The number of nitrogens with one attached hydrogen (secondary N) is 2. The summed E-state index contributed by atoms with van der Waals surface area (Å²) in [7, 11) is 0. The minimum absolute atomic E-state index is 0.0913. The molecule has 2 heterocycles. The number of amides is 1. The van der Waals surface area contributed by atoms with Crippen LogP contribution >= 0.6 is 11.3 Å². The predicted molar refractivity (Wildman–Crippen MR) is 94.4 cm³/mol. The number of carbonyl (C=O) groups excluding carboxylic acids is 1.